The van der Waals surface area contributed by atoms with Crippen LogP contribution in [-0.4, -0.2) is 50.1 Å². The molecule has 2 aliphatic rings. The van der Waals surface area contributed by atoms with Gasteiger partial charge in [0.2, 0.25) is 5.91 Å². The minimum atomic E-state index is 0. The minimum absolute atomic E-state index is 0. The van der Waals surface area contributed by atoms with Crippen molar-refractivity contribution < 1.29 is 4.79 Å². The molecular formula is C12H24ClN3O. The number of halogens is 1. The van der Waals surface area contributed by atoms with Crippen LogP contribution in [0.2, 0.25) is 0 Å². The van der Waals surface area contributed by atoms with E-state index in [-0.39, 0.29) is 24.4 Å². The quantitative estimate of drug-likeness (QED) is 0.783. The number of nitrogens with one attached hydrogen (secondary N) is 2. The summed E-state index contributed by atoms with van der Waals surface area (Å²) < 4.78 is 0. The SMILES string of the molecule is CNC(=O)[C@@H]1CCCN1CC1CCNCC1.Cl. The first-order chi connectivity index (χ1) is 7.81. The van der Waals surface area contributed by atoms with E-state index in [0.29, 0.717) is 0 Å². The van der Waals surface area contributed by atoms with Gasteiger partial charge in [-0.3, -0.25) is 9.69 Å². The maximum atomic E-state index is 11.7. The summed E-state index contributed by atoms with van der Waals surface area (Å²) in [5, 5.41) is 6.17. The van der Waals surface area contributed by atoms with Crippen LogP contribution in [0.25, 0.3) is 0 Å². The van der Waals surface area contributed by atoms with E-state index in [1.54, 1.807) is 7.05 Å². The summed E-state index contributed by atoms with van der Waals surface area (Å²) in [5.74, 6) is 0.984. The summed E-state index contributed by atoms with van der Waals surface area (Å²) in [6, 6.07) is 0.139. The lowest BCUT2D eigenvalue weighted by molar-refractivity contribution is -0.125. The Hall–Kier alpha value is -0.320. The molecule has 0 aromatic heterocycles. The van der Waals surface area contributed by atoms with Crippen LogP contribution >= 0.6 is 12.4 Å². The summed E-state index contributed by atoms with van der Waals surface area (Å²) in [6.07, 6.45) is 4.72. The molecular weight excluding hydrogens is 238 g/mol. The second-order valence-electron chi connectivity index (χ2n) is 4.96. The number of hydrogen-bond donors (Lipinski definition) is 2. The van der Waals surface area contributed by atoms with Crippen molar-refractivity contribution in [1.82, 2.24) is 15.5 Å². The number of likely N-dealkylation sites (N-methyl/N-ethyl adjacent to an activating group) is 1. The molecule has 17 heavy (non-hydrogen) atoms. The number of rotatable bonds is 3. The van der Waals surface area contributed by atoms with Gasteiger partial charge in [0.1, 0.15) is 0 Å². The zero-order valence-corrected chi connectivity index (χ0v) is 11.4. The average Bonchev–Trinajstić information content (AvgIpc) is 2.77. The molecule has 2 saturated heterocycles. The predicted molar refractivity (Wildman–Crippen MR) is 71.5 cm³/mol. The lowest BCUT2D eigenvalue weighted by Crippen LogP contribution is -2.45. The summed E-state index contributed by atoms with van der Waals surface area (Å²) in [5.41, 5.74) is 0. The monoisotopic (exact) mass is 261 g/mol. The van der Waals surface area contributed by atoms with Crippen molar-refractivity contribution >= 4 is 18.3 Å². The molecule has 0 aliphatic carbocycles. The molecule has 1 amide bonds. The highest BCUT2D eigenvalue weighted by molar-refractivity contribution is 5.85. The van der Waals surface area contributed by atoms with Crippen LogP contribution < -0.4 is 10.6 Å². The molecule has 0 spiro atoms. The zero-order valence-electron chi connectivity index (χ0n) is 10.6. The molecule has 0 bridgehead atoms. The number of carbonyl (C=O) groups excluding carboxylic acids is 1. The first kappa shape index (κ1) is 14.7. The Kier molecular flexibility index (Phi) is 6.23. The summed E-state index contributed by atoms with van der Waals surface area (Å²) >= 11 is 0. The van der Waals surface area contributed by atoms with Gasteiger partial charge < -0.3 is 10.6 Å². The molecule has 2 fully saturated rings. The first-order valence-electron chi connectivity index (χ1n) is 6.47. The molecule has 2 N–H and O–H groups in total. The fourth-order valence-electron chi connectivity index (χ4n) is 2.90. The van der Waals surface area contributed by atoms with E-state index in [2.05, 4.69) is 15.5 Å². The number of carbonyl (C=O) groups is 1. The first-order valence-corrected chi connectivity index (χ1v) is 6.47. The molecule has 2 rings (SSSR count). The molecule has 100 valence electrons. The van der Waals surface area contributed by atoms with Gasteiger partial charge in [-0.05, 0) is 51.2 Å². The molecule has 0 aromatic carbocycles. The fraction of sp³-hybridized carbons (Fsp3) is 0.917. The van der Waals surface area contributed by atoms with Crippen molar-refractivity contribution in [2.24, 2.45) is 5.92 Å². The zero-order chi connectivity index (χ0) is 11.4. The van der Waals surface area contributed by atoms with Crippen LogP contribution in [0.4, 0.5) is 0 Å². The van der Waals surface area contributed by atoms with E-state index in [4.69, 9.17) is 0 Å². The molecule has 4 nitrogen and oxygen atoms in total. The maximum absolute atomic E-state index is 11.7. The van der Waals surface area contributed by atoms with Gasteiger partial charge in [-0.15, -0.1) is 12.4 Å². The van der Waals surface area contributed by atoms with Gasteiger partial charge in [0.25, 0.3) is 0 Å². The molecule has 0 aromatic rings. The third kappa shape index (κ3) is 3.83. The van der Waals surface area contributed by atoms with Crippen LogP contribution in [0.1, 0.15) is 25.7 Å². The number of nitrogens with zero attached hydrogens (tertiary/aromatic N) is 1. The molecule has 0 unspecified atom stereocenters. The van der Waals surface area contributed by atoms with E-state index >= 15 is 0 Å². The lowest BCUT2D eigenvalue weighted by Gasteiger charge is -2.30. The van der Waals surface area contributed by atoms with Crippen molar-refractivity contribution in [2.45, 2.75) is 31.7 Å². The largest absolute Gasteiger partial charge is 0.358 e. The second-order valence-corrected chi connectivity index (χ2v) is 4.96. The molecule has 2 heterocycles. The predicted octanol–water partition coefficient (Wildman–Crippen LogP) is 0.618. The average molecular weight is 262 g/mol. The van der Waals surface area contributed by atoms with Crippen LogP contribution in [0.5, 0.6) is 0 Å². The van der Waals surface area contributed by atoms with Gasteiger partial charge in [-0.2, -0.15) is 0 Å². The molecule has 0 saturated carbocycles. The molecule has 2 aliphatic heterocycles. The number of likely N-dealkylation sites (tertiary alicyclic amines) is 1. The minimum Gasteiger partial charge on any atom is -0.358 e. The van der Waals surface area contributed by atoms with Gasteiger partial charge >= 0.3 is 0 Å². The van der Waals surface area contributed by atoms with Crippen molar-refractivity contribution in [3.8, 4) is 0 Å². The van der Waals surface area contributed by atoms with Gasteiger partial charge in [0, 0.05) is 13.6 Å². The maximum Gasteiger partial charge on any atom is 0.237 e. The van der Waals surface area contributed by atoms with Crippen LogP contribution in [0.15, 0.2) is 0 Å². The Bertz CT molecular complexity index is 244. The van der Waals surface area contributed by atoms with Crippen molar-refractivity contribution in [2.75, 3.05) is 33.2 Å². The highest BCUT2D eigenvalue weighted by Gasteiger charge is 2.31. The van der Waals surface area contributed by atoms with Crippen LogP contribution in [0, 0.1) is 5.92 Å². The van der Waals surface area contributed by atoms with E-state index in [1.165, 1.54) is 19.3 Å². The van der Waals surface area contributed by atoms with E-state index in [0.717, 1.165) is 38.5 Å². The Labute approximate surface area is 110 Å². The van der Waals surface area contributed by atoms with Crippen LogP contribution in [-0.2, 0) is 4.79 Å². The smallest absolute Gasteiger partial charge is 0.237 e. The van der Waals surface area contributed by atoms with E-state index in [1.807, 2.05) is 0 Å². The van der Waals surface area contributed by atoms with Crippen LogP contribution in [0.3, 0.4) is 0 Å². The summed E-state index contributed by atoms with van der Waals surface area (Å²) in [7, 11) is 1.74. The highest BCUT2D eigenvalue weighted by atomic mass is 35.5. The third-order valence-electron chi connectivity index (χ3n) is 3.86. The number of piperidine rings is 1. The lowest BCUT2D eigenvalue weighted by atomic mass is 9.97. The Morgan fingerprint density at radius 3 is 2.71 bits per heavy atom. The Morgan fingerprint density at radius 1 is 1.35 bits per heavy atom. The number of amides is 1. The summed E-state index contributed by atoms with van der Waals surface area (Å²) in [4.78, 5) is 14.1. The fourth-order valence-corrected chi connectivity index (χ4v) is 2.90. The normalized spacial score (nSPS) is 26.5. The van der Waals surface area contributed by atoms with E-state index in [9.17, 15) is 4.79 Å². The van der Waals surface area contributed by atoms with Crippen molar-refractivity contribution in [3.63, 3.8) is 0 Å². The van der Waals surface area contributed by atoms with Crippen molar-refractivity contribution in [3.05, 3.63) is 0 Å². The molecule has 0 radical (unpaired) electrons. The second kappa shape index (κ2) is 7.19. The van der Waals surface area contributed by atoms with Crippen molar-refractivity contribution in [1.29, 1.82) is 0 Å². The summed E-state index contributed by atoms with van der Waals surface area (Å²) in [6.45, 7) is 4.49. The topological polar surface area (TPSA) is 44.4 Å². The van der Waals surface area contributed by atoms with E-state index < -0.39 is 0 Å². The third-order valence-corrected chi connectivity index (χ3v) is 3.86. The Morgan fingerprint density at radius 2 is 2.06 bits per heavy atom. The highest BCUT2D eigenvalue weighted by Crippen LogP contribution is 2.22. The van der Waals surface area contributed by atoms with Gasteiger partial charge in [0.15, 0.2) is 0 Å². The standard InChI is InChI=1S/C12H23N3O.ClH/c1-13-12(16)11-3-2-8-15(11)9-10-4-6-14-7-5-10;/h10-11,14H,2-9H2,1H3,(H,13,16);1H/t11-;/m0./s1. The number of hydrogen-bond acceptors (Lipinski definition) is 3. The van der Waals surface area contributed by atoms with Gasteiger partial charge in [0.05, 0.1) is 6.04 Å². The van der Waals surface area contributed by atoms with Gasteiger partial charge in [-0.1, -0.05) is 0 Å². The molecule has 1 atom stereocenters. The Balaban J connectivity index is 0.00000144. The van der Waals surface area contributed by atoms with Gasteiger partial charge in [-0.25, -0.2) is 0 Å². The molecule has 5 heteroatoms.